The number of ether oxygens (including phenoxy) is 2. The number of aromatic nitrogens is 1. The molecule has 2 aromatic rings. The zero-order chi connectivity index (χ0) is 17.1. The van der Waals surface area contributed by atoms with Crippen molar-refractivity contribution >= 4 is 27.5 Å². The first-order valence-corrected chi connectivity index (χ1v) is 8.77. The maximum Gasteiger partial charge on any atom is 0.251 e. The molecule has 1 amide bonds. The molecule has 6 heteroatoms. The maximum absolute atomic E-state index is 12.5. The molecule has 0 aliphatic heterocycles. The Labute approximate surface area is 144 Å². The van der Waals surface area contributed by atoms with Crippen molar-refractivity contribution in [1.82, 2.24) is 4.57 Å². The van der Waals surface area contributed by atoms with Crippen molar-refractivity contribution in [2.24, 2.45) is 10.9 Å². The molecule has 3 rings (SSSR count). The Hall–Kier alpha value is -2.26. The van der Waals surface area contributed by atoms with E-state index in [-0.39, 0.29) is 11.8 Å². The SMILES string of the molecule is C#CCn1c(=NC(=O)C2CCCC2)sc2c(OC)ccc(OC)c21. The monoisotopic (exact) mass is 344 g/mol. The number of nitrogens with zero attached hydrogens (tertiary/aromatic N) is 2. The van der Waals surface area contributed by atoms with Crippen LogP contribution in [0.4, 0.5) is 0 Å². The third kappa shape index (κ3) is 2.92. The lowest BCUT2D eigenvalue weighted by atomic mass is 10.1. The van der Waals surface area contributed by atoms with Crippen LogP contribution in [0.1, 0.15) is 25.7 Å². The highest BCUT2D eigenvalue weighted by Gasteiger charge is 2.23. The third-order valence-corrected chi connectivity index (χ3v) is 5.44. The summed E-state index contributed by atoms with van der Waals surface area (Å²) in [6.45, 7) is 0.320. The van der Waals surface area contributed by atoms with Gasteiger partial charge in [0.15, 0.2) is 4.80 Å². The number of carbonyl (C=O) groups excluding carboxylic acids is 1. The molecule has 1 aliphatic carbocycles. The average molecular weight is 344 g/mol. The molecule has 0 unspecified atom stereocenters. The van der Waals surface area contributed by atoms with E-state index < -0.39 is 0 Å². The summed E-state index contributed by atoms with van der Waals surface area (Å²) in [6.07, 6.45) is 9.58. The van der Waals surface area contributed by atoms with Gasteiger partial charge in [-0.1, -0.05) is 30.1 Å². The molecule has 1 aromatic carbocycles. The molecular weight excluding hydrogens is 324 g/mol. The number of rotatable bonds is 4. The van der Waals surface area contributed by atoms with Gasteiger partial charge in [-0.3, -0.25) is 4.79 Å². The van der Waals surface area contributed by atoms with Gasteiger partial charge in [0.05, 0.1) is 20.8 Å². The van der Waals surface area contributed by atoms with Crippen LogP contribution in [0.25, 0.3) is 10.2 Å². The number of carbonyl (C=O) groups is 1. The lowest BCUT2D eigenvalue weighted by Crippen LogP contribution is -2.19. The zero-order valence-electron chi connectivity index (χ0n) is 13.9. The molecule has 1 saturated carbocycles. The minimum Gasteiger partial charge on any atom is -0.495 e. The lowest BCUT2D eigenvalue weighted by Gasteiger charge is -2.08. The summed E-state index contributed by atoms with van der Waals surface area (Å²) in [6, 6.07) is 3.68. The Bertz CT molecular complexity index is 867. The fourth-order valence-electron chi connectivity index (χ4n) is 3.14. The van der Waals surface area contributed by atoms with E-state index in [2.05, 4.69) is 10.9 Å². The molecule has 0 bridgehead atoms. The molecule has 1 heterocycles. The van der Waals surface area contributed by atoms with Crippen molar-refractivity contribution in [3.05, 3.63) is 16.9 Å². The van der Waals surface area contributed by atoms with E-state index in [9.17, 15) is 4.79 Å². The number of thiazole rings is 1. The molecule has 5 nitrogen and oxygen atoms in total. The first-order valence-electron chi connectivity index (χ1n) is 7.96. The highest BCUT2D eigenvalue weighted by molar-refractivity contribution is 7.16. The summed E-state index contributed by atoms with van der Waals surface area (Å²) in [5.41, 5.74) is 0.817. The summed E-state index contributed by atoms with van der Waals surface area (Å²) in [7, 11) is 3.23. The fraction of sp³-hybridized carbons (Fsp3) is 0.444. The summed E-state index contributed by atoms with van der Waals surface area (Å²) in [5.74, 6) is 4.03. The fourth-order valence-corrected chi connectivity index (χ4v) is 4.28. The van der Waals surface area contributed by atoms with Crippen molar-refractivity contribution in [3.63, 3.8) is 0 Å². The number of amides is 1. The maximum atomic E-state index is 12.5. The van der Waals surface area contributed by atoms with E-state index in [4.69, 9.17) is 15.9 Å². The van der Waals surface area contributed by atoms with Gasteiger partial charge in [0.1, 0.15) is 21.7 Å². The highest BCUT2D eigenvalue weighted by Crippen LogP contribution is 2.35. The number of terminal acetylenes is 1. The Balaban J connectivity index is 2.21. The second-order valence-corrected chi connectivity index (χ2v) is 6.73. The quantitative estimate of drug-likeness (QED) is 0.801. The molecule has 126 valence electrons. The first-order chi connectivity index (χ1) is 11.7. The number of benzene rings is 1. The minimum absolute atomic E-state index is 0.0401. The molecular formula is C18H20N2O3S. The van der Waals surface area contributed by atoms with Crippen molar-refractivity contribution < 1.29 is 14.3 Å². The smallest absolute Gasteiger partial charge is 0.251 e. The van der Waals surface area contributed by atoms with E-state index in [1.54, 1.807) is 14.2 Å². The van der Waals surface area contributed by atoms with Crippen LogP contribution in [0.5, 0.6) is 11.5 Å². The minimum atomic E-state index is -0.0530. The standard InChI is InChI=1S/C18H20N2O3S/c1-4-11-20-15-13(22-2)9-10-14(23-3)16(15)24-18(20)19-17(21)12-7-5-6-8-12/h1,9-10,12H,5-8,11H2,2-3H3. The van der Waals surface area contributed by atoms with Gasteiger partial charge in [0.25, 0.3) is 5.91 Å². The van der Waals surface area contributed by atoms with Crippen LogP contribution in [-0.2, 0) is 11.3 Å². The van der Waals surface area contributed by atoms with Gasteiger partial charge in [-0.15, -0.1) is 6.42 Å². The van der Waals surface area contributed by atoms with E-state index in [1.165, 1.54) is 11.3 Å². The number of hydrogen-bond acceptors (Lipinski definition) is 4. The van der Waals surface area contributed by atoms with Gasteiger partial charge in [-0.2, -0.15) is 4.99 Å². The lowest BCUT2D eigenvalue weighted by molar-refractivity contribution is -0.121. The van der Waals surface area contributed by atoms with Crippen molar-refractivity contribution in [2.75, 3.05) is 14.2 Å². The van der Waals surface area contributed by atoms with Gasteiger partial charge in [0, 0.05) is 5.92 Å². The van der Waals surface area contributed by atoms with Crippen LogP contribution < -0.4 is 14.3 Å². The zero-order valence-corrected chi connectivity index (χ0v) is 14.7. The van der Waals surface area contributed by atoms with Gasteiger partial charge in [-0.25, -0.2) is 0 Å². The van der Waals surface area contributed by atoms with E-state index in [0.717, 1.165) is 41.6 Å². The Kier molecular flexibility index (Phi) is 4.91. The van der Waals surface area contributed by atoms with E-state index in [0.29, 0.717) is 17.1 Å². The summed E-state index contributed by atoms with van der Waals surface area (Å²) >= 11 is 1.41. The molecule has 1 aliphatic rings. The number of methoxy groups -OCH3 is 2. The third-order valence-electron chi connectivity index (χ3n) is 4.35. The van der Waals surface area contributed by atoms with E-state index >= 15 is 0 Å². The number of hydrogen-bond donors (Lipinski definition) is 0. The van der Waals surface area contributed by atoms with Crippen LogP contribution in [0.15, 0.2) is 17.1 Å². The Morgan fingerprint density at radius 3 is 2.62 bits per heavy atom. The molecule has 1 aromatic heterocycles. The van der Waals surface area contributed by atoms with E-state index in [1.807, 2.05) is 16.7 Å². The molecule has 24 heavy (non-hydrogen) atoms. The van der Waals surface area contributed by atoms with Gasteiger partial charge in [0.2, 0.25) is 0 Å². The van der Waals surface area contributed by atoms with Crippen LogP contribution in [0.3, 0.4) is 0 Å². The molecule has 0 spiro atoms. The topological polar surface area (TPSA) is 52.8 Å². The Morgan fingerprint density at radius 2 is 2.00 bits per heavy atom. The normalized spacial score (nSPS) is 15.6. The van der Waals surface area contributed by atoms with Crippen LogP contribution in [-0.4, -0.2) is 24.7 Å². The summed E-state index contributed by atoms with van der Waals surface area (Å²) < 4.78 is 13.6. The van der Waals surface area contributed by atoms with Crippen molar-refractivity contribution in [2.45, 2.75) is 32.2 Å². The first kappa shape index (κ1) is 16.6. The van der Waals surface area contributed by atoms with Crippen molar-refractivity contribution in [1.29, 1.82) is 0 Å². The van der Waals surface area contributed by atoms with Crippen LogP contribution in [0, 0.1) is 18.3 Å². The van der Waals surface area contributed by atoms with Crippen LogP contribution >= 0.6 is 11.3 Å². The van der Waals surface area contributed by atoms with Crippen molar-refractivity contribution in [3.8, 4) is 23.8 Å². The molecule has 1 fully saturated rings. The predicted molar refractivity (Wildman–Crippen MR) is 94.3 cm³/mol. The van der Waals surface area contributed by atoms with Gasteiger partial charge < -0.3 is 14.0 Å². The van der Waals surface area contributed by atoms with Crippen LogP contribution in [0.2, 0.25) is 0 Å². The molecule has 0 saturated heterocycles. The Morgan fingerprint density at radius 1 is 1.33 bits per heavy atom. The largest absolute Gasteiger partial charge is 0.495 e. The second kappa shape index (κ2) is 7.10. The molecule has 0 radical (unpaired) electrons. The second-order valence-electron chi connectivity index (χ2n) is 5.75. The predicted octanol–water partition coefficient (Wildman–Crippen LogP) is 2.97. The van der Waals surface area contributed by atoms with Gasteiger partial charge >= 0.3 is 0 Å². The molecule has 0 N–H and O–H groups in total. The highest BCUT2D eigenvalue weighted by atomic mass is 32.1. The van der Waals surface area contributed by atoms with Gasteiger partial charge in [-0.05, 0) is 25.0 Å². The summed E-state index contributed by atoms with van der Waals surface area (Å²) in [4.78, 5) is 17.5. The number of fused-ring (bicyclic) bond motifs is 1. The average Bonchev–Trinajstić information content (AvgIpc) is 3.23. The summed E-state index contributed by atoms with van der Waals surface area (Å²) in [5, 5.41) is 0. The molecule has 0 atom stereocenters.